The van der Waals surface area contributed by atoms with Crippen LogP contribution < -0.4 is 5.32 Å². The highest BCUT2D eigenvalue weighted by atomic mass is 19.1. The van der Waals surface area contributed by atoms with Crippen LogP contribution in [0.15, 0.2) is 29.3 Å². The average molecular weight is 280 g/mol. The Bertz CT molecular complexity index is 484. The van der Waals surface area contributed by atoms with E-state index in [1.807, 2.05) is 0 Å². The smallest absolute Gasteiger partial charge is 0.292 e. The van der Waals surface area contributed by atoms with Crippen LogP contribution in [0.25, 0.3) is 0 Å². The largest absolute Gasteiger partial charge is 0.463 e. The molecule has 0 spiro atoms. The van der Waals surface area contributed by atoms with Gasteiger partial charge in [0.1, 0.15) is 12.4 Å². The molecule has 0 bridgehead atoms. The topological polar surface area (TPSA) is 59.9 Å². The summed E-state index contributed by atoms with van der Waals surface area (Å²) in [6.07, 6.45) is 2.01. The third-order valence-electron chi connectivity index (χ3n) is 2.70. The molecule has 0 aliphatic heterocycles. The molecule has 5 nitrogen and oxygen atoms in total. The molecule has 0 radical (unpaired) electrons. The van der Waals surface area contributed by atoms with Crippen LogP contribution in [-0.4, -0.2) is 38.3 Å². The number of benzene rings is 1. The molecule has 0 heterocycles. The molecule has 0 atom stereocenters. The van der Waals surface area contributed by atoms with Gasteiger partial charge in [-0.25, -0.2) is 9.38 Å². The summed E-state index contributed by atoms with van der Waals surface area (Å²) in [6, 6.07) is 5.71. The van der Waals surface area contributed by atoms with Crippen LogP contribution in [0, 0.1) is 5.82 Å². The zero-order chi connectivity index (χ0) is 14.4. The first-order valence-electron chi connectivity index (χ1n) is 6.45. The first-order chi connectivity index (χ1) is 9.69. The Hall–Kier alpha value is -1.95. The van der Waals surface area contributed by atoms with Gasteiger partial charge in [0.05, 0.1) is 12.6 Å². The van der Waals surface area contributed by atoms with Crippen LogP contribution in [0.4, 0.5) is 4.39 Å². The fourth-order valence-electron chi connectivity index (χ4n) is 1.47. The van der Waals surface area contributed by atoms with E-state index >= 15 is 0 Å². The SMILES string of the molecule is COCCOC(=NC1CC1)NC(=O)c1ccc(F)cc1. The highest BCUT2D eigenvalue weighted by Crippen LogP contribution is 2.23. The lowest BCUT2D eigenvalue weighted by molar-refractivity contribution is 0.0954. The predicted octanol–water partition coefficient (Wildman–Crippen LogP) is 1.74. The van der Waals surface area contributed by atoms with Crippen molar-refractivity contribution < 1.29 is 18.7 Å². The van der Waals surface area contributed by atoms with E-state index in [1.165, 1.54) is 24.3 Å². The standard InChI is InChI=1S/C14H17FN2O3/c1-19-8-9-20-14(16-12-6-7-12)17-13(18)10-2-4-11(15)5-3-10/h2-5,12H,6-9H2,1H3,(H,16,17,18). The van der Waals surface area contributed by atoms with Gasteiger partial charge >= 0.3 is 0 Å². The second kappa shape index (κ2) is 7.00. The fraction of sp³-hybridized carbons (Fsp3) is 0.429. The van der Waals surface area contributed by atoms with E-state index in [9.17, 15) is 9.18 Å². The van der Waals surface area contributed by atoms with Gasteiger partial charge in [0.25, 0.3) is 11.9 Å². The zero-order valence-corrected chi connectivity index (χ0v) is 11.3. The molecular weight excluding hydrogens is 263 g/mol. The van der Waals surface area contributed by atoms with E-state index < -0.39 is 0 Å². The van der Waals surface area contributed by atoms with Crippen molar-refractivity contribution in [2.75, 3.05) is 20.3 Å². The summed E-state index contributed by atoms with van der Waals surface area (Å²) in [5.74, 6) is -0.758. The van der Waals surface area contributed by atoms with Crippen molar-refractivity contribution in [3.63, 3.8) is 0 Å². The third kappa shape index (κ3) is 4.62. The fourth-order valence-corrected chi connectivity index (χ4v) is 1.47. The van der Waals surface area contributed by atoms with Crippen molar-refractivity contribution in [3.05, 3.63) is 35.6 Å². The lowest BCUT2D eigenvalue weighted by Gasteiger charge is -2.10. The molecule has 0 saturated heterocycles. The van der Waals surface area contributed by atoms with Gasteiger partial charge in [0.2, 0.25) is 0 Å². The molecule has 0 aromatic heterocycles. The highest BCUT2D eigenvalue weighted by Gasteiger charge is 2.22. The first-order valence-corrected chi connectivity index (χ1v) is 6.45. The molecule has 6 heteroatoms. The highest BCUT2D eigenvalue weighted by molar-refractivity contribution is 6.04. The van der Waals surface area contributed by atoms with Crippen molar-refractivity contribution in [1.82, 2.24) is 5.32 Å². The quantitative estimate of drug-likeness (QED) is 0.507. The first kappa shape index (κ1) is 14.5. The second-order valence-corrected chi connectivity index (χ2v) is 4.47. The molecule has 1 aromatic carbocycles. The number of nitrogens with one attached hydrogen (secondary N) is 1. The third-order valence-corrected chi connectivity index (χ3v) is 2.70. The summed E-state index contributed by atoms with van der Waals surface area (Å²) in [4.78, 5) is 16.3. The minimum atomic E-state index is -0.384. The van der Waals surface area contributed by atoms with Crippen LogP contribution >= 0.6 is 0 Å². The van der Waals surface area contributed by atoms with E-state index in [0.717, 1.165) is 12.8 Å². The molecule has 1 aliphatic carbocycles. The lowest BCUT2D eigenvalue weighted by atomic mass is 10.2. The van der Waals surface area contributed by atoms with Gasteiger partial charge in [0.15, 0.2) is 0 Å². The van der Waals surface area contributed by atoms with Crippen molar-refractivity contribution in [2.24, 2.45) is 4.99 Å². The number of rotatable bonds is 5. The van der Waals surface area contributed by atoms with E-state index in [-0.39, 0.29) is 23.8 Å². The Morgan fingerprint density at radius 2 is 2.05 bits per heavy atom. The van der Waals surface area contributed by atoms with Gasteiger partial charge in [0, 0.05) is 12.7 Å². The van der Waals surface area contributed by atoms with E-state index in [0.29, 0.717) is 18.8 Å². The number of nitrogens with zero attached hydrogens (tertiary/aromatic N) is 1. The van der Waals surface area contributed by atoms with Crippen LogP contribution in [0.2, 0.25) is 0 Å². The summed E-state index contributed by atoms with van der Waals surface area (Å²) in [5.41, 5.74) is 0.352. The Balaban J connectivity index is 1.95. The summed E-state index contributed by atoms with van der Waals surface area (Å²) < 4.78 is 23.1. The Morgan fingerprint density at radius 1 is 1.35 bits per heavy atom. The Labute approximate surface area is 116 Å². The van der Waals surface area contributed by atoms with Crippen LogP contribution in [0.5, 0.6) is 0 Å². The zero-order valence-electron chi connectivity index (χ0n) is 11.3. The number of aliphatic imine (C=N–C) groups is 1. The number of methoxy groups -OCH3 is 1. The molecule has 1 aromatic rings. The number of halogens is 1. The maximum absolute atomic E-state index is 12.8. The normalized spacial score (nSPS) is 15.0. The number of ether oxygens (including phenoxy) is 2. The molecule has 1 saturated carbocycles. The summed E-state index contributed by atoms with van der Waals surface area (Å²) in [6.45, 7) is 0.724. The van der Waals surface area contributed by atoms with Gasteiger partial charge in [-0.05, 0) is 37.1 Å². The lowest BCUT2D eigenvalue weighted by Crippen LogP contribution is -2.33. The molecule has 20 heavy (non-hydrogen) atoms. The molecule has 1 fully saturated rings. The summed E-state index contributed by atoms with van der Waals surface area (Å²) in [5, 5.41) is 2.59. The minimum Gasteiger partial charge on any atom is -0.463 e. The predicted molar refractivity (Wildman–Crippen MR) is 72.2 cm³/mol. The van der Waals surface area contributed by atoms with Crippen molar-refractivity contribution in [3.8, 4) is 0 Å². The number of hydrogen-bond donors (Lipinski definition) is 1. The van der Waals surface area contributed by atoms with Crippen molar-refractivity contribution >= 4 is 11.9 Å². The summed E-state index contributed by atoms with van der Waals surface area (Å²) >= 11 is 0. The van der Waals surface area contributed by atoms with Gasteiger partial charge < -0.3 is 9.47 Å². The number of carbonyl (C=O) groups excluding carboxylic acids is 1. The monoisotopic (exact) mass is 280 g/mol. The molecule has 0 unspecified atom stereocenters. The Morgan fingerprint density at radius 3 is 2.65 bits per heavy atom. The average Bonchev–Trinajstić information content (AvgIpc) is 3.23. The van der Waals surface area contributed by atoms with Crippen LogP contribution in [0.1, 0.15) is 23.2 Å². The van der Waals surface area contributed by atoms with Crippen molar-refractivity contribution in [1.29, 1.82) is 0 Å². The number of hydrogen-bond acceptors (Lipinski definition) is 4. The van der Waals surface area contributed by atoms with Gasteiger partial charge in [-0.15, -0.1) is 0 Å². The van der Waals surface area contributed by atoms with E-state index in [1.54, 1.807) is 7.11 Å². The van der Waals surface area contributed by atoms with Crippen LogP contribution in [0.3, 0.4) is 0 Å². The molecule has 1 N–H and O–H groups in total. The van der Waals surface area contributed by atoms with Crippen LogP contribution in [-0.2, 0) is 9.47 Å². The van der Waals surface area contributed by atoms with Gasteiger partial charge in [-0.2, -0.15) is 0 Å². The van der Waals surface area contributed by atoms with Gasteiger partial charge in [-0.1, -0.05) is 0 Å². The number of amides is 1. The van der Waals surface area contributed by atoms with Crippen molar-refractivity contribution in [2.45, 2.75) is 18.9 Å². The van der Waals surface area contributed by atoms with Gasteiger partial charge in [-0.3, -0.25) is 10.1 Å². The number of amidine groups is 1. The molecule has 1 amide bonds. The van der Waals surface area contributed by atoms with E-state index in [2.05, 4.69) is 10.3 Å². The molecule has 2 rings (SSSR count). The Kier molecular flexibility index (Phi) is 5.06. The minimum absolute atomic E-state index is 0.193. The number of carbonyl (C=O) groups is 1. The van der Waals surface area contributed by atoms with E-state index in [4.69, 9.17) is 9.47 Å². The maximum atomic E-state index is 12.8. The summed E-state index contributed by atoms with van der Waals surface area (Å²) in [7, 11) is 1.57. The maximum Gasteiger partial charge on any atom is 0.292 e. The second-order valence-electron chi connectivity index (χ2n) is 4.47. The molecule has 1 aliphatic rings. The molecule has 108 valence electrons. The molecular formula is C14H17FN2O3.